The van der Waals surface area contributed by atoms with E-state index in [4.69, 9.17) is 0 Å². The van der Waals surface area contributed by atoms with Crippen molar-refractivity contribution in [3.8, 4) is 0 Å². The molecule has 0 spiro atoms. The second kappa shape index (κ2) is 5.34. The molecule has 0 saturated carbocycles. The van der Waals surface area contributed by atoms with Crippen molar-refractivity contribution >= 4 is 16.2 Å². The number of nitrogens with one attached hydrogen (secondary N) is 2. The predicted molar refractivity (Wildman–Crippen MR) is 76.9 cm³/mol. The first-order valence-corrected chi connectivity index (χ1v) is 7.01. The molecule has 98 valence electrons. The Bertz CT molecular complexity index is 487. The molecule has 1 atom stereocenters. The standard InChI is InChI=1S/C14H20N2OS/c1-14(2,3)16-12-11-7-5-4-6-10(11)8-9-15-13(12)18-17/h4-7,12,15-16H,8-9H2,1-3H3. The summed E-state index contributed by atoms with van der Waals surface area (Å²) >= 11 is 0.565. The average Bonchev–Trinajstić information content (AvgIpc) is 2.47. The van der Waals surface area contributed by atoms with Gasteiger partial charge in [-0.15, -0.1) is 0 Å². The third kappa shape index (κ3) is 3.07. The zero-order valence-electron chi connectivity index (χ0n) is 11.1. The average molecular weight is 264 g/mol. The van der Waals surface area contributed by atoms with Crippen molar-refractivity contribution in [2.75, 3.05) is 6.54 Å². The monoisotopic (exact) mass is 264 g/mol. The summed E-state index contributed by atoms with van der Waals surface area (Å²) < 4.78 is 11.3. The minimum atomic E-state index is -0.0369. The van der Waals surface area contributed by atoms with Crippen LogP contribution in [-0.2, 0) is 17.7 Å². The SMILES string of the molecule is CC(C)(C)NC1C(=S=O)NCCc2ccccc21. The summed E-state index contributed by atoms with van der Waals surface area (Å²) in [6, 6.07) is 8.33. The Hall–Kier alpha value is -0.970. The lowest BCUT2D eigenvalue weighted by Crippen LogP contribution is -2.45. The van der Waals surface area contributed by atoms with Gasteiger partial charge in [0.2, 0.25) is 0 Å². The Kier molecular flexibility index (Phi) is 4.00. The Morgan fingerprint density at radius 2 is 2.06 bits per heavy atom. The maximum absolute atomic E-state index is 11.3. The van der Waals surface area contributed by atoms with E-state index in [-0.39, 0.29) is 11.6 Å². The van der Waals surface area contributed by atoms with Crippen LogP contribution in [0, 0.1) is 0 Å². The summed E-state index contributed by atoms with van der Waals surface area (Å²) in [6.07, 6.45) is 0.961. The van der Waals surface area contributed by atoms with Crippen molar-refractivity contribution < 1.29 is 4.21 Å². The number of hydrogen-bond acceptors (Lipinski definition) is 2. The molecule has 3 nitrogen and oxygen atoms in total. The molecule has 1 unspecified atom stereocenters. The van der Waals surface area contributed by atoms with Gasteiger partial charge in [0.05, 0.1) is 6.04 Å². The highest BCUT2D eigenvalue weighted by molar-refractivity contribution is 7.66. The van der Waals surface area contributed by atoms with Crippen LogP contribution in [0.3, 0.4) is 0 Å². The Morgan fingerprint density at radius 1 is 1.33 bits per heavy atom. The summed E-state index contributed by atoms with van der Waals surface area (Å²) in [4.78, 5) is 0.773. The third-order valence-corrected chi connectivity index (χ3v) is 3.55. The highest BCUT2D eigenvalue weighted by Gasteiger charge is 2.27. The second-order valence-electron chi connectivity index (χ2n) is 5.65. The van der Waals surface area contributed by atoms with Crippen LogP contribution in [0.2, 0.25) is 0 Å². The van der Waals surface area contributed by atoms with Crippen LogP contribution in [0.5, 0.6) is 0 Å². The fourth-order valence-electron chi connectivity index (χ4n) is 2.26. The maximum Gasteiger partial charge on any atom is 0.108 e. The molecular formula is C14H20N2OS. The lowest BCUT2D eigenvalue weighted by atomic mass is 9.97. The van der Waals surface area contributed by atoms with E-state index in [1.165, 1.54) is 11.1 Å². The van der Waals surface area contributed by atoms with Gasteiger partial charge in [0.15, 0.2) is 0 Å². The van der Waals surface area contributed by atoms with Crippen LogP contribution in [0.25, 0.3) is 0 Å². The van der Waals surface area contributed by atoms with Gasteiger partial charge in [0, 0.05) is 12.1 Å². The first-order valence-electron chi connectivity index (χ1n) is 6.27. The first-order chi connectivity index (χ1) is 8.51. The van der Waals surface area contributed by atoms with E-state index in [1.54, 1.807) is 0 Å². The second-order valence-corrected chi connectivity index (χ2v) is 6.26. The lowest BCUT2D eigenvalue weighted by Gasteiger charge is -2.29. The molecule has 1 aliphatic heterocycles. The Balaban J connectivity index is 2.45. The molecule has 1 aromatic rings. The smallest absolute Gasteiger partial charge is 0.108 e. The molecule has 2 rings (SSSR count). The number of fused-ring (bicyclic) bond motifs is 1. The summed E-state index contributed by atoms with van der Waals surface area (Å²) in [5.41, 5.74) is 2.50. The van der Waals surface area contributed by atoms with Gasteiger partial charge in [0.25, 0.3) is 0 Å². The first kappa shape index (κ1) is 13.5. The van der Waals surface area contributed by atoms with Crippen LogP contribution in [-0.4, -0.2) is 21.3 Å². The van der Waals surface area contributed by atoms with Crippen LogP contribution >= 0.6 is 0 Å². The molecule has 0 aliphatic carbocycles. The molecule has 0 amide bonds. The summed E-state index contributed by atoms with van der Waals surface area (Å²) in [6.45, 7) is 7.18. The van der Waals surface area contributed by atoms with Crippen molar-refractivity contribution in [2.24, 2.45) is 0 Å². The van der Waals surface area contributed by atoms with Crippen LogP contribution in [0.1, 0.15) is 37.9 Å². The van der Waals surface area contributed by atoms with Crippen molar-refractivity contribution in [2.45, 2.75) is 38.8 Å². The van der Waals surface area contributed by atoms with E-state index in [2.05, 4.69) is 49.6 Å². The zero-order valence-corrected chi connectivity index (χ0v) is 11.9. The molecular weight excluding hydrogens is 244 g/mol. The van der Waals surface area contributed by atoms with Crippen molar-refractivity contribution in [3.63, 3.8) is 0 Å². The molecule has 2 N–H and O–H groups in total. The van der Waals surface area contributed by atoms with E-state index in [0.717, 1.165) is 18.0 Å². The molecule has 0 aromatic heterocycles. The number of benzene rings is 1. The number of rotatable bonds is 1. The van der Waals surface area contributed by atoms with E-state index < -0.39 is 0 Å². The third-order valence-electron chi connectivity index (χ3n) is 2.99. The lowest BCUT2D eigenvalue weighted by molar-refractivity contribution is 0.406. The molecule has 0 bridgehead atoms. The molecule has 0 saturated heterocycles. The molecule has 0 fully saturated rings. The van der Waals surface area contributed by atoms with Gasteiger partial charge in [-0.05, 0) is 38.3 Å². The van der Waals surface area contributed by atoms with E-state index in [0.29, 0.717) is 11.3 Å². The predicted octanol–water partition coefficient (Wildman–Crippen LogP) is 1.60. The Morgan fingerprint density at radius 3 is 2.72 bits per heavy atom. The molecule has 1 aromatic carbocycles. The maximum atomic E-state index is 11.3. The normalized spacial score (nSPS) is 20.2. The van der Waals surface area contributed by atoms with Crippen molar-refractivity contribution in [1.29, 1.82) is 0 Å². The van der Waals surface area contributed by atoms with E-state index in [1.807, 2.05) is 6.07 Å². The quantitative estimate of drug-likeness (QED) is 0.757. The van der Waals surface area contributed by atoms with Crippen molar-refractivity contribution in [1.82, 2.24) is 10.6 Å². The highest BCUT2D eigenvalue weighted by Crippen LogP contribution is 2.23. The molecule has 0 radical (unpaired) electrons. The van der Waals surface area contributed by atoms with Crippen LogP contribution in [0.15, 0.2) is 24.3 Å². The van der Waals surface area contributed by atoms with Gasteiger partial charge in [0.1, 0.15) is 16.2 Å². The fourth-order valence-corrected chi connectivity index (χ4v) is 2.70. The summed E-state index contributed by atoms with van der Waals surface area (Å²) in [5, 5.41) is 6.79. The largest absolute Gasteiger partial charge is 0.300 e. The Labute approximate surface area is 112 Å². The molecule has 1 heterocycles. The van der Waals surface area contributed by atoms with Gasteiger partial charge >= 0.3 is 0 Å². The van der Waals surface area contributed by atoms with Gasteiger partial charge in [-0.1, -0.05) is 24.3 Å². The van der Waals surface area contributed by atoms with Gasteiger partial charge in [-0.25, -0.2) is 4.21 Å². The minimum absolute atomic E-state index is 0.0220. The van der Waals surface area contributed by atoms with Crippen LogP contribution < -0.4 is 10.6 Å². The fraction of sp³-hybridized carbons (Fsp3) is 0.500. The highest BCUT2D eigenvalue weighted by atomic mass is 32.1. The summed E-state index contributed by atoms with van der Waals surface area (Å²) in [7, 11) is 0. The molecule has 4 heteroatoms. The van der Waals surface area contributed by atoms with Gasteiger partial charge < -0.3 is 0 Å². The molecule has 18 heavy (non-hydrogen) atoms. The van der Waals surface area contributed by atoms with E-state index in [9.17, 15) is 4.21 Å². The topological polar surface area (TPSA) is 41.1 Å². The van der Waals surface area contributed by atoms with Gasteiger partial charge in [-0.3, -0.25) is 10.6 Å². The number of hydrogen-bond donors (Lipinski definition) is 2. The summed E-state index contributed by atoms with van der Waals surface area (Å²) in [5.74, 6) is 0. The van der Waals surface area contributed by atoms with Crippen LogP contribution in [0.4, 0.5) is 0 Å². The molecule has 1 aliphatic rings. The van der Waals surface area contributed by atoms with E-state index >= 15 is 0 Å². The zero-order chi connectivity index (χ0) is 13.2. The van der Waals surface area contributed by atoms with Crippen molar-refractivity contribution in [3.05, 3.63) is 35.4 Å². The van der Waals surface area contributed by atoms with Gasteiger partial charge in [-0.2, -0.15) is 0 Å². The minimum Gasteiger partial charge on any atom is -0.300 e.